The highest BCUT2D eigenvalue weighted by Crippen LogP contribution is 2.37. The van der Waals surface area contributed by atoms with E-state index >= 15 is 0 Å². The van der Waals surface area contributed by atoms with E-state index < -0.39 is 27.9 Å². The fourth-order valence-electron chi connectivity index (χ4n) is 4.81. The van der Waals surface area contributed by atoms with Gasteiger partial charge >= 0.3 is 11.9 Å². The summed E-state index contributed by atoms with van der Waals surface area (Å²) in [4.78, 5) is 23.0. The Hall–Kier alpha value is -3.49. The molecule has 0 heterocycles. The molecule has 0 unspecified atom stereocenters. The molecule has 1 saturated carbocycles. The Morgan fingerprint density at radius 2 is 1.24 bits per heavy atom. The first-order valence-electron chi connectivity index (χ1n) is 12.4. The molecule has 3 aromatic carbocycles. The highest BCUT2D eigenvalue weighted by molar-refractivity contribution is 7.89. The van der Waals surface area contributed by atoms with E-state index in [1.807, 2.05) is 36.4 Å². The zero-order valence-electron chi connectivity index (χ0n) is 21.0. The van der Waals surface area contributed by atoms with Crippen molar-refractivity contribution in [2.24, 2.45) is 0 Å². The molecule has 4 rings (SSSR count). The zero-order chi connectivity index (χ0) is 26.4. The second kappa shape index (κ2) is 11.7. The van der Waals surface area contributed by atoms with Gasteiger partial charge in [-0.25, -0.2) is 13.1 Å². The van der Waals surface area contributed by atoms with E-state index in [9.17, 15) is 18.0 Å². The molecule has 194 valence electrons. The van der Waals surface area contributed by atoms with Gasteiger partial charge in [0, 0.05) is 25.8 Å². The summed E-state index contributed by atoms with van der Waals surface area (Å²) in [5.74, 6) is -0.483. The number of hydrogen-bond donors (Lipinski definition) is 1. The molecule has 0 atom stereocenters. The fraction of sp³-hybridized carbons (Fsp3) is 0.310. The van der Waals surface area contributed by atoms with Crippen molar-refractivity contribution in [3.05, 3.63) is 89.5 Å². The molecule has 1 N–H and O–H groups in total. The number of carbonyl (C=O) groups is 2. The molecule has 3 aromatic rings. The number of rotatable bonds is 8. The summed E-state index contributed by atoms with van der Waals surface area (Å²) in [5, 5.41) is 0. The molecule has 7 nitrogen and oxygen atoms in total. The number of sulfonamides is 1. The second-order valence-corrected chi connectivity index (χ2v) is 10.9. The zero-order valence-corrected chi connectivity index (χ0v) is 21.8. The summed E-state index contributed by atoms with van der Waals surface area (Å²) in [6.45, 7) is 2.67. The van der Waals surface area contributed by atoms with E-state index in [0.29, 0.717) is 17.1 Å². The summed E-state index contributed by atoms with van der Waals surface area (Å²) in [6.07, 6.45) is 4.82. The van der Waals surface area contributed by atoms with Crippen LogP contribution in [0.1, 0.15) is 68.6 Å². The standard InChI is InChI=1S/C29H31NO6S/c1-20(31)35-25-16-12-22(13-17-25)29(23-14-18-26(19-15-23)36-21(2)32)27-10-6-7-11-28(27)37(33,34)30-24-8-4-3-5-9-24/h6-7,10-19,24,29-30H,3-5,8-9H2,1-2H3. The van der Waals surface area contributed by atoms with Gasteiger partial charge in [-0.3, -0.25) is 9.59 Å². The van der Waals surface area contributed by atoms with Gasteiger partial charge in [-0.05, 0) is 59.9 Å². The van der Waals surface area contributed by atoms with Crippen molar-refractivity contribution in [2.75, 3.05) is 0 Å². The normalized spacial score (nSPS) is 14.4. The largest absolute Gasteiger partial charge is 0.427 e. The summed E-state index contributed by atoms with van der Waals surface area (Å²) in [5.41, 5.74) is 2.25. The minimum atomic E-state index is -3.79. The van der Waals surface area contributed by atoms with Gasteiger partial charge in [0.15, 0.2) is 0 Å². The van der Waals surface area contributed by atoms with Crippen LogP contribution in [-0.2, 0) is 19.6 Å². The number of esters is 2. The number of carbonyl (C=O) groups excluding carboxylic acids is 2. The third kappa shape index (κ3) is 6.84. The molecule has 0 radical (unpaired) electrons. The number of ether oxygens (including phenoxy) is 2. The van der Waals surface area contributed by atoms with Crippen molar-refractivity contribution >= 4 is 22.0 Å². The topological polar surface area (TPSA) is 98.8 Å². The van der Waals surface area contributed by atoms with Crippen molar-refractivity contribution < 1.29 is 27.5 Å². The number of hydrogen-bond acceptors (Lipinski definition) is 6. The first-order valence-corrected chi connectivity index (χ1v) is 13.9. The van der Waals surface area contributed by atoms with Crippen LogP contribution in [0.25, 0.3) is 0 Å². The molecule has 1 aliphatic rings. The van der Waals surface area contributed by atoms with Gasteiger partial charge in [-0.1, -0.05) is 61.7 Å². The lowest BCUT2D eigenvalue weighted by molar-refractivity contribution is -0.132. The Labute approximate surface area is 217 Å². The van der Waals surface area contributed by atoms with Gasteiger partial charge in [0.25, 0.3) is 0 Å². The molecule has 1 fully saturated rings. The predicted molar refractivity (Wildman–Crippen MR) is 140 cm³/mol. The maximum atomic E-state index is 13.6. The quantitative estimate of drug-likeness (QED) is 0.244. The summed E-state index contributed by atoms with van der Waals surface area (Å²) < 4.78 is 40.5. The minimum Gasteiger partial charge on any atom is -0.427 e. The van der Waals surface area contributed by atoms with Gasteiger partial charge in [0.05, 0.1) is 4.90 Å². The maximum absolute atomic E-state index is 13.6. The van der Waals surface area contributed by atoms with E-state index in [0.717, 1.165) is 43.2 Å². The van der Waals surface area contributed by atoms with Crippen molar-refractivity contribution in [1.82, 2.24) is 4.72 Å². The summed E-state index contributed by atoms with van der Waals surface area (Å²) in [7, 11) is -3.79. The Balaban J connectivity index is 1.78. The lowest BCUT2D eigenvalue weighted by Gasteiger charge is -2.25. The molecule has 0 saturated heterocycles. The van der Waals surface area contributed by atoms with Gasteiger partial charge in [-0.15, -0.1) is 0 Å². The average molecular weight is 522 g/mol. The molecule has 0 amide bonds. The average Bonchev–Trinajstić information content (AvgIpc) is 2.86. The van der Waals surface area contributed by atoms with Crippen molar-refractivity contribution in [3.8, 4) is 11.5 Å². The van der Waals surface area contributed by atoms with Gasteiger partial charge in [-0.2, -0.15) is 0 Å². The van der Waals surface area contributed by atoms with E-state index in [2.05, 4.69) is 4.72 Å². The van der Waals surface area contributed by atoms with Crippen molar-refractivity contribution in [3.63, 3.8) is 0 Å². The molecule has 1 aliphatic carbocycles. The predicted octanol–water partition coefficient (Wildman–Crippen LogP) is 5.33. The maximum Gasteiger partial charge on any atom is 0.308 e. The molecule has 0 spiro atoms. The third-order valence-corrected chi connectivity index (χ3v) is 7.99. The van der Waals surface area contributed by atoms with Gasteiger partial charge in [0.2, 0.25) is 10.0 Å². The van der Waals surface area contributed by atoms with Crippen LogP contribution in [0.5, 0.6) is 11.5 Å². The van der Waals surface area contributed by atoms with E-state index in [-0.39, 0.29) is 10.9 Å². The smallest absolute Gasteiger partial charge is 0.308 e. The molecular formula is C29H31NO6S. The molecule has 0 aromatic heterocycles. The Bertz CT molecular complexity index is 1280. The van der Waals surface area contributed by atoms with Crippen LogP contribution in [0.2, 0.25) is 0 Å². The third-order valence-electron chi connectivity index (χ3n) is 6.40. The van der Waals surface area contributed by atoms with Crippen LogP contribution >= 0.6 is 0 Å². The highest BCUT2D eigenvalue weighted by atomic mass is 32.2. The van der Waals surface area contributed by atoms with Gasteiger partial charge < -0.3 is 9.47 Å². The first kappa shape index (κ1) is 26.6. The van der Waals surface area contributed by atoms with Crippen molar-refractivity contribution in [1.29, 1.82) is 0 Å². The SMILES string of the molecule is CC(=O)Oc1ccc(C(c2ccc(OC(C)=O)cc2)c2ccccc2S(=O)(=O)NC2CCCCC2)cc1. The van der Waals surface area contributed by atoms with E-state index in [1.165, 1.54) is 13.8 Å². The monoisotopic (exact) mass is 521 g/mol. The molecule has 37 heavy (non-hydrogen) atoms. The second-order valence-electron chi connectivity index (χ2n) is 9.25. The summed E-state index contributed by atoms with van der Waals surface area (Å²) in [6, 6.07) is 21.0. The van der Waals surface area contributed by atoms with Crippen LogP contribution < -0.4 is 14.2 Å². The lowest BCUT2D eigenvalue weighted by atomic mass is 9.85. The molecule has 0 aliphatic heterocycles. The highest BCUT2D eigenvalue weighted by Gasteiger charge is 2.28. The van der Waals surface area contributed by atoms with Crippen LogP contribution in [0.3, 0.4) is 0 Å². The molecular weight excluding hydrogens is 490 g/mol. The number of benzene rings is 3. The minimum absolute atomic E-state index is 0.0729. The Kier molecular flexibility index (Phi) is 8.41. The van der Waals surface area contributed by atoms with Crippen LogP contribution in [0, 0.1) is 0 Å². The van der Waals surface area contributed by atoms with Crippen LogP contribution in [-0.4, -0.2) is 26.4 Å². The van der Waals surface area contributed by atoms with E-state index in [1.54, 1.807) is 36.4 Å². The lowest BCUT2D eigenvalue weighted by Crippen LogP contribution is -2.36. The van der Waals surface area contributed by atoms with Crippen molar-refractivity contribution in [2.45, 2.75) is 62.8 Å². The molecule has 0 bridgehead atoms. The number of nitrogens with one attached hydrogen (secondary N) is 1. The molecule has 8 heteroatoms. The first-order chi connectivity index (χ1) is 17.7. The van der Waals surface area contributed by atoms with Crippen LogP contribution in [0.15, 0.2) is 77.7 Å². The Morgan fingerprint density at radius 1 is 0.757 bits per heavy atom. The van der Waals surface area contributed by atoms with Crippen LogP contribution in [0.4, 0.5) is 0 Å². The fourth-order valence-corrected chi connectivity index (χ4v) is 6.36. The Morgan fingerprint density at radius 3 is 1.73 bits per heavy atom. The van der Waals surface area contributed by atoms with E-state index in [4.69, 9.17) is 9.47 Å². The van der Waals surface area contributed by atoms with Gasteiger partial charge in [0.1, 0.15) is 11.5 Å². The summed E-state index contributed by atoms with van der Waals surface area (Å²) >= 11 is 0.